The highest BCUT2D eigenvalue weighted by atomic mass is 35.5. The van der Waals surface area contributed by atoms with Crippen LogP contribution >= 0.6 is 11.6 Å². The minimum atomic E-state index is -0.190. The lowest BCUT2D eigenvalue weighted by Gasteiger charge is -2.61. The topological polar surface area (TPSA) is 49.4 Å². The molecule has 0 radical (unpaired) electrons. The zero-order chi connectivity index (χ0) is 26.7. The second-order valence-corrected chi connectivity index (χ2v) is 13.5. The lowest BCUT2D eigenvalue weighted by Crippen LogP contribution is -2.61. The number of nitrogens with one attached hydrogen (secondary N) is 1. The normalized spacial score (nSPS) is 37.1. The molecule has 2 aromatic carbocycles. The molecule has 1 N–H and O–H groups in total. The van der Waals surface area contributed by atoms with Gasteiger partial charge in [-0.2, -0.15) is 0 Å². The number of likely N-dealkylation sites (tertiary alicyclic amines) is 1. The van der Waals surface area contributed by atoms with Crippen LogP contribution in [-0.2, 0) is 9.59 Å². The summed E-state index contributed by atoms with van der Waals surface area (Å²) in [7, 11) is 2.03. The lowest BCUT2D eigenvalue weighted by atomic mass is 9.47. The molecular formula is C33H41ClN2O2. The number of piperidine rings is 1. The molecule has 2 aromatic rings. The summed E-state index contributed by atoms with van der Waals surface area (Å²) in [5, 5.41) is 4.18. The van der Waals surface area contributed by atoms with Crippen LogP contribution in [-0.4, -0.2) is 29.8 Å². The van der Waals surface area contributed by atoms with Gasteiger partial charge in [0.1, 0.15) is 0 Å². The molecule has 1 unspecified atom stereocenters. The van der Waals surface area contributed by atoms with Crippen molar-refractivity contribution in [2.45, 2.75) is 77.3 Å². The van der Waals surface area contributed by atoms with Gasteiger partial charge in [0.05, 0.1) is 6.04 Å². The van der Waals surface area contributed by atoms with Crippen molar-refractivity contribution in [3.63, 3.8) is 0 Å². The maximum atomic E-state index is 14.1. The van der Waals surface area contributed by atoms with Gasteiger partial charge in [-0.3, -0.25) is 9.59 Å². The number of rotatable bonds is 4. The van der Waals surface area contributed by atoms with Gasteiger partial charge in [-0.15, -0.1) is 0 Å². The maximum absolute atomic E-state index is 14.1. The van der Waals surface area contributed by atoms with Crippen LogP contribution in [0.4, 0.5) is 0 Å². The zero-order valence-corrected chi connectivity index (χ0v) is 23.7. The summed E-state index contributed by atoms with van der Waals surface area (Å²) in [6, 6.07) is 18.3. The van der Waals surface area contributed by atoms with E-state index < -0.39 is 0 Å². The highest BCUT2D eigenvalue weighted by molar-refractivity contribution is 6.30. The van der Waals surface area contributed by atoms with E-state index in [0.29, 0.717) is 41.1 Å². The van der Waals surface area contributed by atoms with Gasteiger partial charge in [0.2, 0.25) is 11.8 Å². The summed E-state index contributed by atoms with van der Waals surface area (Å²) in [4.78, 5) is 28.6. The number of hydrogen-bond donors (Lipinski definition) is 1. The van der Waals surface area contributed by atoms with Crippen molar-refractivity contribution in [3.8, 4) is 0 Å². The van der Waals surface area contributed by atoms with Gasteiger partial charge in [-0.25, -0.2) is 0 Å². The fraction of sp³-hybridized carbons (Fsp3) is 0.576. The average Bonchev–Trinajstić information content (AvgIpc) is 3.28. The molecule has 4 aliphatic rings. The molecule has 3 aliphatic carbocycles. The average molecular weight is 533 g/mol. The van der Waals surface area contributed by atoms with Gasteiger partial charge in [-0.1, -0.05) is 67.9 Å². The van der Waals surface area contributed by atoms with E-state index in [1.807, 2.05) is 49.5 Å². The van der Waals surface area contributed by atoms with Crippen LogP contribution in [0, 0.1) is 34.5 Å². The first-order chi connectivity index (χ1) is 18.2. The van der Waals surface area contributed by atoms with Crippen molar-refractivity contribution in [1.29, 1.82) is 0 Å². The Labute approximate surface area is 232 Å². The molecule has 0 spiro atoms. The van der Waals surface area contributed by atoms with Gasteiger partial charge in [-0.05, 0) is 96.8 Å². The van der Waals surface area contributed by atoms with Crippen molar-refractivity contribution >= 4 is 23.4 Å². The molecule has 0 aromatic heterocycles. The van der Waals surface area contributed by atoms with E-state index in [1.165, 1.54) is 12.8 Å². The zero-order valence-electron chi connectivity index (χ0n) is 23.0. The third kappa shape index (κ3) is 4.10. The number of carbonyl (C=O) groups excluding carboxylic acids is 2. The van der Waals surface area contributed by atoms with Crippen LogP contribution in [0.15, 0.2) is 54.6 Å². The van der Waals surface area contributed by atoms with E-state index in [-0.39, 0.29) is 28.7 Å². The Kier molecular flexibility index (Phi) is 6.61. The van der Waals surface area contributed by atoms with E-state index in [2.05, 4.69) is 36.2 Å². The summed E-state index contributed by atoms with van der Waals surface area (Å²) in [6.45, 7) is 4.88. The molecule has 4 nitrogen and oxygen atoms in total. The standard InChI is InChI=1S/C33H41ClN2O2/c1-32-19-17-26-24(13-16-28-33(26,2)20-18-29(37)36(28)3)25(32)14-15-27(32)31(38)35-30(21-7-5-4-6-8-21)22-9-11-23(34)12-10-22/h4-12,24-28,30H,13-20H2,1-3H3,(H,35,38)/t24-,25-,26-,27+,28+,30?,32-,33+/m0/s1. The van der Waals surface area contributed by atoms with Gasteiger partial charge < -0.3 is 10.2 Å². The predicted molar refractivity (Wildman–Crippen MR) is 152 cm³/mol. The Morgan fingerprint density at radius 3 is 2.32 bits per heavy atom. The minimum absolute atomic E-state index is 0.0338. The Hall–Kier alpha value is -2.33. The third-order valence-corrected chi connectivity index (χ3v) is 11.7. The number of nitrogens with zero attached hydrogens (tertiary/aromatic N) is 1. The van der Waals surface area contributed by atoms with Gasteiger partial charge in [0.25, 0.3) is 0 Å². The second-order valence-electron chi connectivity index (χ2n) is 13.1. The van der Waals surface area contributed by atoms with Crippen molar-refractivity contribution in [2.75, 3.05) is 7.05 Å². The molecule has 1 saturated heterocycles. The largest absolute Gasteiger partial charge is 0.345 e. The van der Waals surface area contributed by atoms with Crippen molar-refractivity contribution < 1.29 is 9.59 Å². The molecule has 8 atom stereocenters. The lowest BCUT2D eigenvalue weighted by molar-refractivity contribution is -0.159. The molecule has 1 heterocycles. The van der Waals surface area contributed by atoms with Crippen LogP contribution in [0.5, 0.6) is 0 Å². The summed E-state index contributed by atoms with van der Waals surface area (Å²) in [6.07, 6.45) is 8.40. The van der Waals surface area contributed by atoms with E-state index >= 15 is 0 Å². The number of benzene rings is 2. The van der Waals surface area contributed by atoms with Crippen molar-refractivity contribution in [1.82, 2.24) is 10.2 Å². The Morgan fingerprint density at radius 1 is 0.895 bits per heavy atom. The predicted octanol–water partition coefficient (Wildman–Crippen LogP) is 7.03. The molecular weight excluding hydrogens is 492 g/mol. The molecule has 4 fully saturated rings. The van der Waals surface area contributed by atoms with E-state index in [1.54, 1.807) is 0 Å². The minimum Gasteiger partial charge on any atom is -0.345 e. The van der Waals surface area contributed by atoms with Crippen LogP contribution in [0.1, 0.15) is 82.4 Å². The maximum Gasteiger partial charge on any atom is 0.224 e. The fourth-order valence-electron chi connectivity index (χ4n) is 9.48. The smallest absolute Gasteiger partial charge is 0.224 e. The number of hydrogen-bond acceptors (Lipinski definition) is 2. The van der Waals surface area contributed by atoms with Gasteiger partial charge in [0, 0.05) is 30.5 Å². The van der Waals surface area contributed by atoms with E-state index in [0.717, 1.165) is 43.2 Å². The molecule has 38 heavy (non-hydrogen) atoms. The van der Waals surface area contributed by atoms with Gasteiger partial charge in [0.15, 0.2) is 0 Å². The third-order valence-electron chi connectivity index (χ3n) is 11.5. The first-order valence-electron chi connectivity index (χ1n) is 14.6. The molecule has 3 saturated carbocycles. The van der Waals surface area contributed by atoms with E-state index in [4.69, 9.17) is 11.6 Å². The summed E-state index contributed by atoms with van der Waals surface area (Å²) in [5.41, 5.74) is 2.39. The van der Waals surface area contributed by atoms with Crippen LogP contribution in [0.2, 0.25) is 5.02 Å². The molecule has 1 aliphatic heterocycles. The van der Waals surface area contributed by atoms with Crippen molar-refractivity contribution in [3.05, 3.63) is 70.7 Å². The fourth-order valence-corrected chi connectivity index (χ4v) is 9.61. The number of amides is 2. The Morgan fingerprint density at radius 2 is 1.58 bits per heavy atom. The summed E-state index contributed by atoms with van der Waals surface area (Å²) in [5.74, 6) is 2.45. The van der Waals surface area contributed by atoms with Crippen molar-refractivity contribution in [2.24, 2.45) is 34.5 Å². The highest BCUT2D eigenvalue weighted by Gasteiger charge is 2.62. The summed E-state index contributed by atoms with van der Waals surface area (Å²) < 4.78 is 0. The first-order valence-corrected chi connectivity index (χ1v) is 15.0. The van der Waals surface area contributed by atoms with E-state index in [9.17, 15) is 9.59 Å². The van der Waals surface area contributed by atoms with Crippen LogP contribution in [0.25, 0.3) is 0 Å². The SMILES string of the molecule is CN1C(=O)CC[C@]2(C)[C@H]3CC[C@]4(C)[C@@H](C(=O)NC(c5ccccc5)c5ccc(Cl)cc5)CC[C@H]4[C@@H]3CC[C@@H]12. The summed E-state index contributed by atoms with van der Waals surface area (Å²) >= 11 is 6.18. The first kappa shape index (κ1) is 25.9. The number of halogens is 1. The molecule has 6 rings (SSSR count). The van der Waals surface area contributed by atoms with Gasteiger partial charge >= 0.3 is 0 Å². The number of fused-ring (bicyclic) bond motifs is 5. The van der Waals surface area contributed by atoms with Crippen LogP contribution in [0.3, 0.4) is 0 Å². The highest BCUT2D eigenvalue weighted by Crippen LogP contribution is 2.66. The quantitative estimate of drug-likeness (QED) is 0.459. The Balaban J connectivity index is 1.23. The molecule has 2 amide bonds. The molecule has 202 valence electrons. The molecule has 5 heteroatoms. The second kappa shape index (κ2) is 9.70. The monoisotopic (exact) mass is 532 g/mol. The van der Waals surface area contributed by atoms with Crippen LogP contribution < -0.4 is 5.32 Å². The molecule has 0 bridgehead atoms. The Bertz CT molecular complexity index is 1200. The number of carbonyl (C=O) groups is 2.